The van der Waals surface area contributed by atoms with E-state index < -0.39 is 5.41 Å². The van der Waals surface area contributed by atoms with Crippen LogP contribution in [0, 0.1) is 0 Å². The van der Waals surface area contributed by atoms with E-state index in [1.54, 1.807) is 0 Å². The minimum absolute atomic E-state index is 0.558. The second-order valence-corrected chi connectivity index (χ2v) is 12.9. The highest BCUT2D eigenvalue weighted by Crippen LogP contribution is 2.57. The fraction of sp³-hybridized carbons (Fsp3) is 0.0213. The van der Waals surface area contributed by atoms with Crippen LogP contribution in [0.5, 0.6) is 0 Å². The molecule has 234 valence electrons. The maximum Gasteiger partial charge on any atom is 0.160 e. The molecule has 0 amide bonds. The second-order valence-electron chi connectivity index (χ2n) is 12.9. The molecule has 0 radical (unpaired) electrons. The Labute approximate surface area is 290 Å². The molecule has 3 heteroatoms. The summed E-state index contributed by atoms with van der Waals surface area (Å²) in [7, 11) is 0. The van der Waals surface area contributed by atoms with E-state index in [9.17, 15) is 0 Å². The zero-order chi connectivity index (χ0) is 33.1. The van der Waals surface area contributed by atoms with Crippen molar-refractivity contribution >= 4 is 21.9 Å². The molecule has 0 atom stereocenters. The van der Waals surface area contributed by atoms with Crippen molar-refractivity contribution in [3.63, 3.8) is 0 Å². The van der Waals surface area contributed by atoms with E-state index in [1.165, 1.54) is 33.4 Å². The summed E-state index contributed by atoms with van der Waals surface area (Å²) in [5, 5.41) is 2.16. The Morgan fingerprint density at radius 1 is 0.380 bits per heavy atom. The molecule has 0 aliphatic heterocycles. The summed E-state index contributed by atoms with van der Waals surface area (Å²) < 4.78 is 6.18. The van der Waals surface area contributed by atoms with Gasteiger partial charge in [0.1, 0.15) is 11.2 Å². The van der Waals surface area contributed by atoms with E-state index >= 15 is 0 Å². The van der Waals surface area contributed by atoms with Gasteiger partial charge in [0.05, 0.1) is 16.8 Å². The summed E-state index contributed by atoms with van der Waals surface area (Å²) in [6, 6.07) is 64.4. The zero-order valence-electron chi connectivity index (χ0n) is 27.1. The standard InChI is InChI=1S/C47H30N2O/c1-3-15-31(16-4-1)46-48-42(32-27-28-45-38(29-32)36-21-10-14-26-44(36)50-45)30-43(49-46)37-22-9-13-25-41(37)47(33-17-5-2-6-18-33)39-23-11-7-19-34(39)35-20-8-12-24-40(35)47/h1-30H. The van der Waals surface area contributed by atoms with E-state index in [1.807, 2.05) is 30.3 Å². The van der Waals surface area contributed by atoms with E-state index in [0.717, 1.165) is 50.0 Å². The van der Waals surface area contributed by atoms with Gasteiger partial charge in [0.2, 0.25) is 0 Å². The van der Waals surface area contributed by atoms with Crippen LogP contribution in [0.1, 0.15) is 22.3 Å². The average molecular weight is 639 g/mol. The predicted octanol–water partition coefficient (Wildman–Crippen LogP) is 11.7. The predicted molar refractivity (Wildman–Crippen MR) is 203 cm³/mol. The van der Waals surface area contributed by atoms with Crippen molar-refractivity contribution in [2.45, 2.75) is 5.41 Å². The van der Waals surface area contributed by atoms with Gasteiger partial charge >= 0.3 is 0 Å². The van der Waals surface area contributed by atoms with Crippen molar-refractivity contribution in [1.29, 1.82) is 0 Å². The SMILES string of the molecule is c1ccc(-c2nc(-c3ccc4oc5ccccc5c4c3)cc(-c3ccccc3C3(c4ccccc4)c4ccccc4-c4ccccc43)n2)cc1. The van der Waals surface area contributed by atoms with Gasteiger partial charge in [-0.2, -0.15) is 0 Å². The Hall–Kier alpha value is -6.58. The molecule has 9 aromatic rings. The number of hydrogen-bond acceptors (Lipinski definition) is 3. The summed E-state index contributed by atoms with van der Waals surface area (Å²) in [4.78, 5) is 10.5. The Balaban J connectivity index is 1.26. The van der Waals surface area contributed by atoms with Gasteiger partial charge in [-0.1, -0.05) is 152 Å². The lowest BCUT2D eigenvalue weighted by Gasteiger charge is -2.35. The lowest BCUT2D eigenvalue weighted by atomic mass is 9.66. The minimum Gasteiger partial charge on any atom is -0.456 e. The molecule has 3 nitrogen and oxygen atoms in total. The van der Waals surface area contributed by atoms with Crippen molar-refractivity contribution in [1.82, 2.24) is 9.97 Å². The molecule has 2 heterocycles. The topological polar surface area (TPSA) is 38.9 Å². The van der Waals surface area contributed by atoms with Gasteiger partial charge in [-0.15, -0.1) is 0 Å². The Morgan fingerprint density at radius 3 is 1.64 bits per heavy atom. The van der Waals surface area contributed by atoms with Crippen LogP contribution >= 0.6 is 0 Å². The van der Waals surface area contributed by atoms with Gasteiger partial charge in [-0.25, -0.2) is 9.97 Å². The number of rotatable bonds is 5. The van der Waals surface area contributed by atoms with E-state index in [-0.39, 0.29) is 0 Å². The molecule has 0 saturated carbocycles. The summed E-state index contributed by atoms with van der Waals surface area (Å²) >= 11 is 0. The zero-order valence-corrected chi connectivity index (χ0v) is 27.1. The molecule has 0 N–H and O–H groups in total. The molecule has 0 saturated heterocycles. The average Bonchev–Trinajstić information content (AvgIpc) is 3.72. The highest BCUT2D eigenvalue weighted by molar-refractivity contribution is 6.06. The smallest absolute Gasteiger partial charge is 0.160 e. The van der Waals surface area contributed by atoms with Crippen molar-refractivity contribution in [3.8, 4) is 45.0 Å². The molecule has 1 aliphatic carbocycles. The molecule has 7 aromatic carbocycles. The minimum atomic E-state index is -0.558. The second kappa shape index (κ2) is 11.3. The summed E-state index contributed by atoms with van der Waals surface area (Å²) in [6.45, 7) is 0. The van der Waals surface area contributed by atoms with Crippen LogP contribution in [0.25, 0.3) is 67.0 Å². The van der Waals surface area contributed by atoms with Crippen LogP contribution in [0.3, 0.4) is 0 Å². The van der Waals surface area contributed by atoms with Crippen molar-refractivity contribution < 1.29 is 4.42 Å². The number of hydrogen-bond donors (Lipinski definition) is 0. The van der Waals surface area contributed by atoms with E-state index in [4.69, 9.17) is 14.4 Å². The number of furan rings is 1. The first-order valence-corrected chi connectivity index (χ1v) is 17.0. The summed E-state index contributed by atoms with van der Waals surface area (Å²) in [5.74, 6) is 0.686. The molecule has 0 fully saturated rings. The third-order valence-electron chi connectivity index (χ3n) is 10.2. The highest BCUT2D eigenvalue weighted by atomic mass is 16.3. The fourth-order valence-electron chi connectivity index (χ4n) is 8.05. The molecular weight excluding hydrogens is 609 g/mol. The summed E-state index contributed by atoms with van der Waals surface area (Å²) in [5.41, 5.74) is 13.4. The van der Waals surface area contributed by atoms with Crippen LogP contribution < -0.4 is 0 Å². The van der Waals surface area contributed by atoms with Crippen LogP contribution in [-0.4, -0.2) is 9.97 Å². The van der Waals surface area contributed by atoms with Crippen LogP contribution in [-0.2, 0) is 5.41 Å². The molecule has 50 heavy (non-hydrogen) atoms. The lowest BCUT2D eigenvalue weighted by Crippen LogP contribution is -2.29. The van der Waals surface area contributed by atoms with Gasteiger partial charge in [-0.3, -0.25) is 0 Å². The molecular formula is C47H30N2O. The largest absolute Gasteiger partial charge is 0.456 e. The first-order valence-electron chi connectivity index (χ1n) is 17.0. The lowest BCUT2D eigenvalue weighted by molar-refractivity contribution is 0.669. The molecule has 0 bridgehead atoms. The number of para-hydroxylation sites is 1. The van der Waals surface area contributed by atoms with Gasteiger partial charge in [0, 0.05) is 27.5 Å². The highest BCUT2D eigenvalue weighted by Gasteiger charge is 2.47. The monoisotopic (exact) mass is 638 g/mol. The molecule has 0 unspecified atom stereocenters. The third-order valence-corrected chi connectivity index (χ3v) is 10.2. The fourth-order valence-corrected chi connectivity index (χ4v) is 8.05. The Morgan fingerprint density at radius 2 is 0.920 bits per heavy atom. The first kappa shape index (κ1) is 28.4. The van der Waals surface area contributed by atoms with Crippen molar-refractivity contribution in [2.24, 2.45) is 0 Å². The Kier molecular flexibility index (Phi) is 6.40. The number of fused-ring (bicyclic) bond motifs is 6. The van der Waals surface area contributed by atoms with Crippen LogP contribution in [0.2, 0.25) is 0 Å². The number of aromatic nitrogens is 2. The van der Waals surface area contributed by atoms with Gasteiger partial charge in [0.15, 0.2) is 5.82 Å². The van der Waals surface area contributed by atoms with Crippen LogP contribution in [0.4, 0.5) is 0 Å². The van der Waals surface area contributed by atoms with Crippen LogP contribution in [0.15, 0.2) is 186 Å². The summed E-state index contributed by atoms with van der Waals surface area (Å²) in [6.07, 6.45) is 0. The number of benzene rings is 7. The first-order chi connectivity index (χ1) is 24.8. The molecule has 2 aromatic heterocycles. The maximum absolute atomic E-state index is 6.18. The van der Waals surface area contributed by atoms with Crippen molar-refractivity contribution in [3.05, 3.63) is 204 Å². The Bertz CT molecular complexity index is 2660. The normalized spacial score (nSPS) is 13.0. The van der Waals surface area contributed by atoms with Crippen molar-refractivity contribution in [2.75, 3.05) is 0 Å². The van der Waals surface area contributed by atoms with E-state index in [2.05, 4.69) is 152 Å². The van der Waals surface area contributed by atoms with Gasteiger partial charge < -0.3 is 4.42 Å². The maximum atomic E-state index is 6.18. The molecule has 1 aliphatic rings. The van der Waals surface area contributed by atoms with Gasteiger partial charge in [0.25, 0.3) is 0 Å². The van der Waals surface area contributed by atoms with Gasteiger partial charge in [-0.05, 0) is 63.7 Å². The quantitative estimate of drug-likeness (QED) is 0.188. The third kappa shape index (κ3) is 4.23. The molecule has 0 spiro atoms. The molecule has 10 rings (SSSR count). The number of nitrogens with zero attached hydrogens (tertiary/aromatic N) is 2. The van der Waals surface area contributed by atoms with E-state index in [0.29, 0.717) is 5.82 Å².